The number of aromatic nitrogens is 5. The molecule has 0 aliphatic carbocycles. The fourth-order valence-electron chi connectivity index (χ4n) is 3.64. The van der Waals surface area contributed by atoms with Crippen LogP contribution < -0.4 is 10.1 Å². The third kappa shape index (κ3) is 5.15. The maximum atomic E-state index is 13.0. The smallest absolute Gasteiger partial charge is 0.343 e. The number of nitrogens with zero attached hydrogens (tertiary/aromatic N) is 5. The summed E-state index contributed by atoms with van der Waals surface area (Å²) < 4.78 is 26.7. The Morgan fingerprint density at radius 1 is 1.08 bits per heavy atom. The number of amides is 1. The molecule has 0 radical (unpaired) electrons. The lowest BCUT2D eigenvalue weighted by Gasteiger charge is -2.08. The first-order valence-corrected chi connectivity index (χ1v) is 11.4. The summed E-state index contributed by atoms with van der Waals surface area (Å²) in [5, 5.41) is 11.4. The number of carbonyl (C=O) groups is 2. The van der Waals surface area contributed by atoms with Gasteiger partial charge in [0.2, 0.25) is 0 Å². The highest BCUT2D eigenvalue weighted by Gasteiger charge is 2.17. The number of halogens is 1. The van der Waals surface area contributed by atoms with E-state index >= 15 is 0 Å². The van der Waals surface area contributed by atoms with Crippen LogP contribution in [0, 0.1) is 5.82 Å². The second-order valence-electron chi connectivity index (χ2n) is 7.85. The summed E-state index contributed by atoms with van der Waals surface area (Å²) in [5.74, 6) is -0.766. The lowest BCUT2D eigenvalue weighted by molar-refractivity contribution is 0.0528. The molecule has 11 heteroatoms. The van der Waals surface area contributed by atoms with Crippen molar-refractivity contribution in [2.24, 2.45) is 0 Å². The summed E-state index contributed by atoms with van der Waals surface area (Å²) in [6, 6.07) is 16.1. The number of nitrogens with one attached hydrogen (secondary N) is 1. The molecule has 186 valence electrons. The van der Waals surface area contributed by atoms with Crippen LogP contribution >= 0.6 is 0 Å². The second kappa shape index (κ2) is 10.3. The minimum absolute atomic E-state index is 0.0596. The van der Waals surface area contributed by atoms with Crippen molar-refractivity contribution in [3.63, 3.8) is 0 Å². The summed E-state index contributed by atoms with van der Waals surface area (Å²) >= 11 is 0. The molecule has 0 spiro atoms. The average Bonchev–Trinajstić information content (AvgIpc) is 3.56. The third-order valence-electron chi connectivity index (χ3n) is 5.36. The molecule has 0 fully saturated rings. The molecule has 0 aliphatic heterocycles. The molecule has 1 N–H and O–H groups in total. The monoisotopic (exact) mass is 500 g/mol. The van der Waals surface area contributed by atoms with Crippen molar-refractivity contribution in [3.05, 3.63) is 96.3 Å². The lowest BCUT2D eigenvalue weighted by Crippen LogP contribution is -2.14. The Labute approximate surface area is 210 Å². The summed E-state index contributed by atoms with van der Waals surface area (Å²) in [6.07, 6.45) is 4.62. The van der Waals surface area contributed by atoms with E-state index in [2.05, 4.69) is 20.5 Å². The van der Waals surface area contributed by atoms with E-state index in [1.807, 2.05) is 6.07 Å². The molecule has 0 bridgehead atoms. The van der Waals surface area contributed by atoms with Crippen LogP contribution in [0.15, 0.2) is 79.3 Å². The first-order valence-electron chi connectivity index (χ1n) is 11.4. The number of carbonyl (C=O) groups excluding carboxylic acids is 2. The number of esters is 1. The highest BCUT2D eigenvalue weighted by Crippen LogP contribution is 2.24. The Balaban J connectivity index is 1.30. The van der Waals surface area contributed by atoms with Crippen LogP contribution in [-0.4, -0.2) is 42.9 Å². The van der Waals surface area contributed by atoms with E-state index in [0.29, 0.717) is 22.8 Å². The number of rotatable bonds is 8. The summed E-state index contributed by atoms with van der Waals surface area (Å²) in [6.45, 7) is 2.04. The fourth-order valence-corrected chi connectivity index (χ4v) is 3.64. The first-order chi connectivity index (χ1) is 18.0. The molecule has 0 aliphatic rings. The zero-order valence-electron chi connectivity index (χ0n) is 19.7. The molecule has 1 amide bonds. The van der Waals surface area contributed by atoms with Gasteiger partial charge in [-0.25, -0.2) is 23.4 Å². The van der Waals surface area contributed by atoms with Gasteiger partial charge in [-0.2, -0.15) is 10.2 Å². The molecular formula is C26H21FN6O4. The number of fused-ring (bicyclic) bond motifs is 1. The topological polar surface area (TPSA) is 113 Å². The van der Waals surface area contributed by atoms with E-state index in [0.717, 1.165) is 5.56 Å². The SMILES string of the molecule is CCOC(=O)c1cnn2c(-c3cccc(NC(=O)c4ccn(COc5ccc(F)cc5)n4)c3)ccnc12. The normalized spacial score (nSPS) is 10.9. The van der Waals surface area contributed by atoms with Crippen molar-refractivity contribution in [1.29, 1.82) is 0 Å². The van der Waals surface area contributed by atoms with Crippen LogP contribution in [0.5, 0.6) is 5.75 Å². The Morgan fingerprint density at radius 2 is 1.92 bits per heavy atom. The van der Waals surface area contributed by atoms with Gasteiger partial charge in [0.25, 0.3) is 5.91 Å². The van der Waals surface area contributed by atoms with Gasteiger partial charge in [-0.1, -0.05) is 12.1 Å². The van der Waals surface area contributed by atoms with Crippen molar-refractivity contribution in [1.82, 2.24) is 24.4 Å². The van der Waals surface area contributed by atoms with Crippen molar-refractivity contribution >= 4 is 23.2 Å². The molecule has 2 aromatic carbocycles. The third-order valence-corrected chi connectivity index (χ3v) is 5.36. The number of ether oxygens (including phenoxy) is 2. The molecule has 0 saturated carbocycles. The van der Waals surface area contributed by atoms with E-state index in [1.54, 1.807) is 54.2 Å². The van der Waals surface area contributed by atoms with Crippen molar-refractivity contribution in [3.8, 4) is 17.0 Å². The summed E-state index contributed by atoms with van der Waals surface area (Å²) in [7, 11) is 0. The van der Waals surface area contributed by atoms with Gasteiger partial charge in [-0.05, 0) is 55.5 Å². The van der Waals surface area contributed by atoms with Crippen molar-refractivity contribution in [2.75, 3.05) is 11.9 Å². The standard InChI is InChI=1S/C26H21FN6O4/c1-2-36-26(35)21-15-29-33-23(10-12-28-24(21)33)17-4-3-5-19(14-17)30-25(34)22-11-13-32(31-22)16-37-20-8-6-18(27)7-9-20/h3-15H,2,16H2,1H3,(H,30,34). The second-order valence-corrected chi connectivity index (χ2v) is 7.85. The van der Waals surface area contributed by atoms with Crippen LogP contribution in [-0.2, 0) is 11.5 Å². The molecule has 0 unspecified atom stereocenters. The Bertz CT molecular complexity index is 1580. The maximum Gasteiger partial charge on any atom is 0.343 e. The predicted molar refractivity (Wildman–Crippen MR) is 132 cm³/mol. The minimum Gasteiger partial charge on any atom is -0.471 e. The van der Waals surface area contributed by atoms with E-state index in [9.17, 15) is 14.0 Å². The Morgan fingerprint density at radius 3 is 2.73 bits per heavy atom. The Kier molecular flexibility index (Phi) is 6.58. The summed E-state index contributed by atoms with van der Waals surface area (Å²) in [4.78, 5) is 29.3. The van der Waals surface area contributed by atoms with Crippen LogP contribution in [0.4, 0.5) is 10.1 Å². The van der Waals surface area contributed by atoms with Gasteiger partial charge < -0.3 is 14.8 Å². The number of anilines is 1. The van der Waals surface area contributed by atoms with E-state index in [4.69, 9.17) is 9.47 Å². The van der Waals surface area contributed by atoms with Crippen molar-refractivity contribution in [2.45, 2.75) is 13.7 Å². The van der Waals surface area contributed by atoms with E-state index < -0.39 is 11.9 Å². The van der Waals surface area contributed by atoms with Crippen molar-refractivity contribution < 1.29 is 23.5 Å². The zero-order chi connectivity index (χ0) is 25.8. The fraction of sp³-hybridized carbons (Fsp3) is 0.115. The van der Waals surface area contributed by atoms with Gasteiger partial charge in [0.1, 0.15) is 17.1 Å². The lowest BCUT2D eigenvalue weighted by atomic mass is 10.1. The highest BCUT2D eigenvalue weighted by atomic mass is 19.1. The molecule has 3 aromatic heterocycles. The van der Waals surface area contributed by atoms with Crippen LogP contribution in [0.1, 0.15) is 27.8 Å². The van der Waals surface area contributed by atoms with E-state index in [1.165, 1.54) is 35.1 Å². The van der Waals surface area contributed by atoms with Gasteiger partial charge in [0.05, 0.1) is 18.5 Å². The van der Waals surface area contributed by atoms with Gasteiger partial charge in [-0.3, -0.25) is 4.79 Å². The van der Waals surface area contributed by atoms with Gasteiger partial charge in [-0.15, -0.1) is 0 Å². The van der Waals surface area contributed by atoms with Crippen LogP contribution in [0.2, 0.25) is 0 Å². The molecule has 0 saturated heterocycles. The van der Waals surface area contributed by atoms with Gasteiger partial charge in [0, 0.05) is 23.6 Å². The number of benzene rings is 2. The number of hydrogen-bond acceptors (Lipinski definition) is 7. The maximum absolute atomic E-state index is 13.0. The van der Waals surface area contributed by atoms with Crippen LogP contribution in [0.25, 0.3) is 16.9 Å². The van der Waals surface area contributed by atoms with E-state index in [-0.39, 0.29) is 30.4 Å². The molecule has 5 aromatic rings. The van der Waals surface area contributed by atoms with Crippen LogP contribution in [0.3, 0.4) is 0 Å². The molecule has 37 heavy (non-hydrogen) atoms. The molecular weight excluding hydrogens is 479 g/mol. The van der Waals surface area contributed by atoms with Gasteiger partial charge in [0.15, 0.2) is 18.1 Å². The molecule has 0 atom stereocenters. The molecule has 10 nitrogen and oxygen atoms in total. The highest BCUT2D eigenvalue weighted by molar-refractivity contribution is 6.03. The molecule has 3 heterocycles. The van der Waals surface area contributed by atoms with Gasteiger partial charge >= 0.3 is 5.97 Å². The summed E-state index contributed by atoms with van der Waals surface area (Å²) in [5.41, 5.74) is 2.82. The minimum atomic E-state index is -0.495. The number of hydrogen-bond donors (Lipinski definition) is 1. The first kappa shape index (κ1) is 23.7. The quantitative estimate of drug-likeness (QED) is 0.318. The predicted octanol–water partition coefficient (Wildman–Crippen LogP) is 4.20. The zero-order valence-corrected chi connectivity index (χ0v) is 19.7. The molecule has 5 rings (SSSR count). The largest absolute Gasteiger partial charge is 0.471 e. The Hall–Kier alpha value is -5.06. The average molecular weight is 500 g/mol.